The first-order valence-corrected chi connectivity index (χ1v) is 11.8. The number of Topliss-reactive ketones (excluding diaryl/α,β-unsaturated/α-hetero) is 1. The van der Waals surface area contributed by atoms with E-state index in [1.54, 1.807) is 36.1 Å². The second-order valence-corrected chi connectivity index (χ2v) is 8.47. The normalized spacial score (nSPS) is 14.5. The van der Waals surface area contributed by atoms with Crippen LogP contribution in [0.1, 0.15) is 52.6 Å². The summed E-state index contributed by atoms with van der Waals surface area (Å²) in [6, 6.07) is 25.5. The van der Waals surface area contributed by atoms with Crippen molar-refractivity contribution in [1.82, 2.24) is 9.80 Å². The number of hydrogen-bond donors (Lipinski definition) is 0. The van der Waals surface area contributed by atoms with E-state index in [4.69, 9.17) is 4.99 Å². The fourth-order valence-electron chi connectivity index (χ4n) is 4.51. The van der Waals surface area contributed by atoms with E-state index in [1.165, 1.54) is 4.90 Å². The Bertz CT molecular complexity index is 1210. The maximum atomic E-state index is 13.9. The van der Waals surface area contributed by atoms with Gasteiger partial charge in [-0.2, -0.15) is 0 Å². The lowest BCUT2D eigenvalue weighted by atomic mass is 9.83. The van der Waals surface area contributed by atoms with Gasteiger partial charge in [-0.15, -0.1) is 0 Å². The number of benzene rings is 3. The maximum Gasteiger partial charge on any atom is 0.265 e. The molecule has 178 valence electrons. The molecule has 0 bridgehead atoms. The molecule has 4 rings (SSSR count). The predicted octanol–water partition coefficient (Wildman–Crippen LogP) is 4.56. The molecule has 3 aromatic rings. The van der Waals surface area contributed by atoms with Crippen LogP contribution in [0.3, 0.4) is 0 Å². The number of hydrogen-bond acceptors (Lipinski definition) is 4. The first-order chi connectivity index (χ1) is 16.9. The van der Waals surface area contributed by atoms with Crippen LogP contribution in [0.25, 0.3) is 0 Å². The van der Waals surface area contributed by atoms with E-state index in [1.807, 2.05) is 74.5 Å². The van der Waals surface area contributed by atoms with Crippen LogP contribution in [-0.4, -0.2) is 52.9 Å². The van der Waals surface area contributed by atoms with Gasteiger partial charge in [0.05, 0.1) is 6.54 Å². The van der Waals surface area contributed by atoms with E-state index in [9.17, 15) is 14.4 Å². The fraction of sp³-hybridized carbons (Fsp3) is 0.241. The van der Waals surface area contributed by atoms with Gasteiger partial charge >= 0.3 is 0 Å². The molecule has 0 N–H and O–H groups in total. The fourth-order valence-corrected chi connectivity index (χ4v) is 4.51. The van der Waals surface area contributed by atoms with Crippen molar-refractivity contribution in [3.8, 4) is 0 Å². The second-order valence-electron chi connectivity index (χ2n) is 8.47. The molecule has 0 unspecified atom stereocenters. The van der Waals surface area contributed by atoms with Gasteiger partial charge < -0.3 is 4.90 Å². The van der Waals surface area contributed by atoms with Crippen molar-refractivity contribution in [3.05, 3.63) is 107 Å². The molecule has 6 nitrogen and oxygen atoms in total. The van der Waals surface area contributed by atoms with Crippen LogP contribution in [0.5, 0.6) is 0 Å². The molecule has 6 heteroatoms. The van der Waals surface area contributed by atoms with Crippen LogP contribution < -0.4 is 0 Å². The zero-order valence-electron chi connectivity index (χ0n) is 20.3. The zero-order chi connectivity index (χ0) is 25.0. The summed E-state index contributed by atoms with van der Waals surface area (Å²) in [5.41, 5.74) is 1.26. The third-order valence-corrected chi connectivity index (χ3v) is 6.46. The third-order valence-electron chi connectivity index (χ3n) is 6.46. The lowest BCUT2D eigenvalue weighted by Crippen LogP contribution is -2.43. The summed E-state index contributed by atoms with van der Waals surface area (Å²) in [7, 11) is 0. The number of rotatable bonds is 8. The first kappa shape index (κ1) is 24.1. The number of carbonyl (C=O) groups is 3. The minimum atomic E-state index is -1.23. The molecule has 1 heterocycles. The number of amidine groups is 1. The van der Waals surface area contributed by atoms with Gasteiger partial charge in [-0.3, -0.25) is 19.3 Å². The molecule has 0 aromatic heterocycles. The number of nitrogens with zero attached hydrogens (tertiary/aromatic N) is 3. The van der Waals surface area contributed by atoms with Gasteiger partial charge in [0, 0.05) is 24.2 Å². The van der Waals surface area contributed by atoms with Crippen molar-refractivity contribution in [2.75, 3.05) is 19.6 Å². The molecule has 1 aliphatic rings. The topological polar surface area (TPSA) is 70.1 Å². The van der Waals surface area contributed by atoms with Crippen LogP contribution in [-0.2, 0) is 10.3 Å². The molecule has 35 heavy (non-hydrogen) atoms. The highest BCUT2D eigenvalue weighted by Gasteiger charge is 2.50. The van der Waals surface area contributed by atoms with Crippen molar-refractivity contribution in [1.29, 1.82) is 0 Å². The Morgan fingerprint density at radius 1 is 0.800 bits per heavy atom. The van der Waals surface area contributed by atoms with Gasteiger partial charge in [0.15, 0.2) is 11.3 Å². The number of amides is 2. The second kappa shape index (κ2) is 10.1. The molecule has 0 saturated heterocycles. The SMILES string of the molecule is CCN(CC)C(=O)c1ccc(C(=O)CN2C(=O)C(c3ccccc3)(c3ccccc3)N=C2C)cc1. The Labute approximate surface area is 205 Å². The van der Waals surface area contributed by atoms with Crippen LogP contribution >= 0.6 is 0 Å². The van der Waals surface area contributed by atoms with E-state index in [0.29, 0.717) is 30.1 Å². The minimum Gasteiger partial charge on any atom is -0.339 e. The Balaban J connectivity index is 1.60. The largest absolute Gasteiger partial charge is 0.339 e. The van der Waals surface area contributed by atoms with Crippen molar-refractivity contribution in [2.45, 2.75) is 26.3 Å². The highest BCUT2D eigenvalue weighted by Crippen LogP contribution is 2.40. The van der Waals surface area contributed by atoms with Gasteiger partial charge in [0.2, 0.25) is 0 Å². The van der Waals surface area contributed by atoms with Gasteiger partial charge in [-0.25, -0.2) is 4.99 Å². The lowest BCUT2D eigenvalue weighted by molar-refractivity contribution is -0.129. The zero-order valence-corrected chi connectivity index (χ0v) is 20.3. The van der Waals surface area contributed by atoms with E-state index >= 15 is 0 Å². The quantitative estimate of drug-likeness (QED) is 0.456. The van der Waals surface area contributed by atoms with Crippen LogP contribution in [0.2, 0.25) is 0 Å². The molecule has 2 amide bonds. The van der Waals surface area contributed by atoms with Gasteiger partial charge in [-0.05, 0) is 44.0 Å². The number of ketones is 1. The standard InChI is InChI=1S/C29H29N3O3/c1-4-31(5-2)27(34)23-18-16-22(17-19-23)26(33)20-32-21(3)30-29(28(32)35,24-12-8-6-9-13-24)25-14-10-7-11-15-25/h6-19H,4-5,20H2,1-3H3. The predicted molar refractivity (Wildman–Crippen MR) is 137 cm³/mol. The molecule has 0 saturated carbocycles. The van der Waals surface area contributed by atoms with Crippen molar-refractivity contribution in [2.24, 2.45) is 4.99 Å². The molecule has 1 aliphatic heterocycles. The Morgan fingerprint density at radius 2 is 1.29 bits per heavy atom. The minimum absolute atomic E-state index is 0.0674. The van der Waals surface area contributed by atoms with Gasteiger partial charge in [0.25, 0.3) is 11.8 Å². The maximum absolute atomic E-state index is 13.9. The Hall–Kier alpha value is -4.06. The molecule has 3 aromatic carbocycles. The summed E-state index contributed by atoms with van der Waals surface area (Å²) >= 11 is 0. The van der Waals surface area contributed by atoms with Crippen LogP contribution in [0, 0.1) is 0 Å². The molecule has 0 atom stereocenters. The summed E-state index contributed by atoms with van der Waals surface area (Å²) < 4.78 is 0. The van der Waals surface area contributed by atoms with Gasteiger partial charge in [0.1, 0.15) is 5.84 Å². The summed E-state index contributed by atoms with van der Waals surface area (Å²) in [6.07, 6.45) is 0. The Kier molecular flexibility index (Phi) is 6.92. The van der Waals surface area contributed by atoms with Crippen molar-refractivity contribution >= 4 is 23.4 Å². The highest BCUT2D eigenvalue weighted by molar-refractivity contribution is 6.13. The molecule has 0 fully saturated rings. The van der Waals surface area contributed by atoms with Crippen LogP contribution in [0.15, 0.2) is 89.9 Å². The highest BCUT2D eigenvalue weighted by atomic mass is 16.2. The molecule has 0 radical (unpaired) electrons. The first-order valence-electron chi connectivity index (χ1n) is 11.8. The summed E-state index contributed by atoms with van der Waals surface area (Å²) in [5, 5.41) is 0. The monoisotopic (exact) mass is 467 g/mol. The van der Waals surface area contributed by atoms with E-state index in [2.05, 4.69) is 0 Å². The molecule has 0 spiro atoms. The van der Waals surface area contributed by atoms with E-state index in [0.717, 1.165) is 11.1 Å². The average molecular weight is 468 g/mol. The lowest BCUT2D eigenvalue weighted by Gasteiger charge is -2.27. The number of aliphatic imine (C=N–C) groups is 1. The third kappa shape index (κ3) is 4.39. The number of carbonyl (C=O) groups excluding carboxylic acids is 3. The van der Waals surface area contributed by atoms with Crippen molar-refractivity contribution in [3.63, 3.8) is 0 Å². The van der Waals surface area contributed by atoms with E-state index < -0.39 is 5.54 Å². The molecular weight excluding hydrogens is 438 g/mol. The smallest absolute Gasteiger partial charge is 0.265 e. The Morgan fingerprint density at radius 3 is 1.77 bits per heavy atom. The van der Waals surface area contributed by atoms with Gasteiger partial charge in [-0.1, -0.05) is 72.8 Å². The summed E-state index contributed by atoms with van der Waals surface area (Å²) in [6.45, 7) is 6.73. The average Bonchev–Trinajstić information content (AvgIpc) is 3.16. The van der Waals surface area contributed by atoms with E-state index in [-0.39, 0.29) is 24.1 Å². The molecular formula is C29H29N3O3. The summed E-state index contributed by atoms with van der Waals surface area (Å²) in [5.74, 6) is -0.0488. The molecule has 0 aliphatic carbocycles. The van der Waals surface area contributed by atoms with Crippen molar-refractivity contribution < 1.29 is 14.4 Å². The summed E-state index contributed by atoms with van der Waals surface area (Å²) in [4.78, 5) is 47.6. The van der Waals surface area contributed by atoms with Crippen LogP contribution in [0.4, 0.5) is 0 Å².